The number of aromatic amines is 1. The van der Waals surface area contributed by atoms with Crippen molar-refractivity contribution in [2.75, 3.05) is 31.6 Å². The Balaban J connectivity index is 0.000000209. The van der Waals surface area contributed by atoms with E-state index >= 15 is 4.39 Å². The number of hydrogen-bond acceptors (Lipinski definition) is 10. The highest BCUT2D eigenvalue weighted by Gasteiger charge is 2.34. The molecule has 0 saturated carbocycles. The number of nitro benzene ring substituents is 1. The fourth-order valence-electron chi connectivity index (χ4n) is 7.02. The number of benzene rings is 3. The molecule has 3 N–H and O–H groups in total. The van der Waals surface area contributed by atoms with Gasteiger partial charge in [0.25, 0.3) is 12.2 Å². The molecule has 5 aromatic rings. The second-order valence-electron chi connectivity index (χ2n) is 12.9. The molecule has 15 heteroatoms. The highest BCUT2D eigenvalue weighted by atomic mass is 35.5. The van der Waals surface area contributed by atoms with Gasteiger partial charge in [0.1, 0.15) is 23.4 Å². The van der Waals surface area contributed by atoms with Gasteiger partial charge in [0, 0.05) is 78.5 Å². The van der Waals surface area contributed by atoms with Crippen LogP contribution in [0.2, 0.25) is 5.02 Å². The lowest BCUT2D eigenvalue weighted by molar-refractivity contribution is -0.384. The molecule has 0 amide bonds. The summed E-state index contributed by atoms with van der Waals surface area (Å²) in [7, 11) is 2.07. The predicted molar refractivity (Wildman–Crippen MR) is 204 cm³/mol. The molecule has 4 atom stereocenters. The summed E-state index contributed by atoms with van der Waals surface area (Å²) in [5.41, 5.74) is 0.380. The van der Waals surface area contributed by atoms with E-state index in [9.17, 15) is 14.9 Å². The molecule has 3 fully saturated rings. The number of carbonyl (C=O) groups is 1. The molecule has 3 unspecified atom stereocenters. The van der Waals surface area contributed by atoms with Crippen LogP contribution in [0, 0.1) is 15.9 Å². The van der Waals surface area contributed by atoms with E-state index in [2.05, 4.69) is 44.0 Å². The van der Waals surface area contributed by atoms with Gasteiger partial charge >= 0.3 is 5.69 Å². The van der Waals surface area contributed by atoms with Gasteiger partial charge in [-0.2, -0.15) is 4.98 Å². The van der Waals surface area contributed by atoms with Gasteiger partial charge in [-0.05, 0) is 50.4 Å². The van der Waals surface area contributed by atoms with Crippen LogP contribution >= 0.6 is 11.6 Å². The highest BCUT2D eigenvalue weighted by molar-refractivity contribution is 6.36. The average Bonchev–Trinajstić information content (AvgIpc) is 3.66. The molecule has 13 nitrogen and oxygen atoms in total. The summed E-state index contributed by atoms with van der Waals surface area (Å²) in [6.07, 6.45) is 4.97. The number of nitro groups is 1. The number of ether oxygens (including phenoxy) is 1. The van der Waals surface area contributed by atoms with E-state index in [1.54, 1.807) is 30.5 Å². The molecule has 3 aliphatic rings. The van der Waals surface area contributed by atoms with E-state index in [0.717, 1.165) is 49.7 Å². The van der Waals surface area contributed by atoms with E-state index in [1.165, 1.54) is 12.1 Å². The molecule has 0 radical (unpaired) electrons. The minimum atomic E-state index is -0.580. The number of H-pyrrole nitrogens is 1. The van der Waals surface area contributed by atoms with Gasteiger partial charge in [0.2, 0.25) is 0 Å². The Labute approximate surface area is 310 Å². The number of anilines is 1. The van der Waals surface area contributed by atoms with E-state index in [4.69, 9.17) is 26.2 Å². The molecular weight excluding hydrogens is 705 g/mol. The number of aromatic nitrogens is 3. The predicted octanol–water partition coefficient (Wildman–Crippen LogP) is 6.66. The van der Waals surface area contributed by atoms with Crippen LogP contribution in [0.25, 0.3) is 32.9 Å². The van der Waals surface area contributed by atoms with Crippen LogP contribution in [0.5, 0.6) is 5.75 Å². The van der Waals surface area contributed by atoms with Crippen molar-refractivity contribution in [2.45, 2.75) is 64.3 Å². The second kappa shape index (κ2) is 17.6. The highest BCUT2D eigenvalue weighted by Crippen LogP contribution is 2.37. The minimum absolute atomic E-state index is 0.0919. The zero-order chi connectivity index (χ0) is 38.2. The Morgan fingerprint density at radius 1 is 1.06 bits per heavy atom. The van der Waals surface area contributed by atoms with Crippen molar-refractivity contribution in [3.8, 4) is 17.0 Å². The van der Waals surface area contributed by atoms with Gasteiger partial charge in [0.15, 0.2) is 5.82 Å². The average molecular weight is 748 g/mol. The van der Waals surface area contributed by atoms with Gasteiger partial charge in [0.05, 0.1) is 15.8 Å². The fraction of sp³-hybridized carbons (Fsp3) is 0.368. The standard InChI is InChI=1S/C23H19ClFN5O.C12H16N2O3.C2H6.CH2O2/c24-17-6-2-4-12-3-1-5-15(18(12)17)20-19(25)21-16(9-26-20)22(29-23(31)28-21)30-10-13-7-8-14(11-30)27-13;1-9-7-12(8-13(9)2)17-11-5-3-10(4-6-11)14(15)16;1-2;2-1-3/h1-6,9,13-14,27H,7-8,10-11H2,(H,28,29,31);3-6,9,12H,7-8H2,1-2H3;1-2H3;1H,(H,2,3)/t;9-,12?;;/m.1../s1. The number of nitrogens with one attached hydrogen (secondary N) is 2. The monoisotopic (exact) mass is 747 g/mol. The van der Waals surface area contributed by atoms with E-state index in [1.807, 2.05) is 38.1 Å². The van der Waals surface area contributed by atoms with Crippen LogP contribution < -0.4 is 20.6 Å². The van der Waals surface area contributed by atoms with Crippen LogP contribution in [0.1, 0.15) is 40.0 Å². The van der Waals surface area contributed by atoms with E-state index in [-0.39, 0.29) is 29.5 Å². The molecule has 0 spiro atoms. The summed E-state index contributed by atoms with van der Waals surface area (Å²) in [5.74, 6) is 0.609. The van der Waals surface area contributed by atoms with Crippen LogP contribution in [0.4, 0.5) is 15.9 Å². The molecular formula is C38H43ClFN7O6. The zero-order valence-corrected chi connectivity index (χ0v) is 30.7. The number of fused-ring (bicyclic) bond motifs is 4. The van der Waals surface area contributed by atoms with E-state index < -0.39 is 16.4 Å². The molecule has 2 aromatic heterocycles. The van der Waals surface area contributed by atoms with Crippen LogP contribution in [0.3, 0.4) is 0 Å². The maximum atomic E-state index is 15.8. The Hall–Kier alpha value is -5.18. The summed E-state index contributed by atoms with van der Waals surface area (Å²) in [5, 5.41) is 23.6. The first kappa shape index (κ1) is 39.0. The fourth-order valence-corrected chi connectivity index (χ4v) is 7.31. The van der Waals surface area contributed by atoms with Gasteiger partial charge < -0.3 is 25.0 Å². The number of piperazine rings is 1. The SMILES string of the molecule is CC.C[C@@H]1CC(Oc2ccc([N+](=O)[O-])cc2)CN1C.O=CO.O=c1nc(N2CC3CCC(C2)N3)c2cnc(-c3cccc4cccc(Cl)c34)c(F)c2[nH]1. The van der Waals surface area contributed by atoms with Gasteiger partial charge in [-0.1, -0.05) is 55.8 Å². The number of rotatable bonds is 5. The Kier molecular flexibility index (Phi) is 12.9. The zero-order valence-electron chi connectivity index (χ0n) is 30.0. The lowest BCUT2D eigenvalue weighted by Gasteiger charge is -2.34. The van der Waals surface area contributed by atoms with Crippen LogP contribution in [-0.4, -0.2) is 87.3 Å². The third kappa shape index (κ3) is 8.90. The second-order valence-corrected chi connectivity index (χ2v) is 13.3. The van der Waals surface area contributed by atoms with Crippen molar-refractivity contribution in [2.24, 2.45) is 0 Å². The Bertz CT molecular complexity index is 2090. The van der Waals surface area contributed by atoms with Crippen LogP contribution in [0.15, 0.2) is 71.7 Å². The third-order valence-corrected chi connectivity index (χ3v) is 9.84. The normalized spacial score (nSPS) is 20.4. The molecule has 0 aliphatic carbocycles. The summed E-state index contributed by atoms with van der Waals surface area (Å²) >= 11 is 6.44. The van der Waals surface area contributed by atoms with Gasteiger partial charge in [-0.25, -0.2) is 9.18 Å². The first-order valence-corrected chi connectivity index (χ1v) is 17.9. The molecule has 3 saturated heterocycles. The smallest absolute Gasteiger partial charge is 0.347 e. The quantitative estimate of drug-likeness (QED) is 0.0999. The lowest BCUT2D eigenvalue weighted by Crippen LogP contribution is -2.51. The largest absolute Gasteiger partial charge is 0.489 e. The third-order valence-electron chi connectivity index (χ3n) is 9.52. The number of pyridine rings is 1. The van der Waals surface area contributed by atoms with Crippen molar-refractivity contribution in [1.82, 2.24) is 25.2 Å². The molecule has 2 bridgehead atoms. The summed E-state index contributed by atoms with van der Waals surface area (Å²) in [6, 6.07) is 18.6. The Morgan fingerprint density at radius 3 is 2.30 bits per heavy atom. The first-order chi connectivity index (χ1) is 25.6. The maximum Gasteiger partial charge on any atom is 0.347 e. The summed E-state index contributed by atoms with van der Waals surface area (Å²) in [6.45, 7) is 8.30. The molecule has 5 heterocycles. The van der Waals surface area contributed by atoms with Gasteiger partial charge in [-0.15, -0.1) is 0 Å². The molecule has 280 valence electrons. The number of non-ortho nitro benzene ring substituents is 1. The molecule has 53 heavy (non-hydrogen) atoms. The van der Waals surface area contributed by atoms with Crippen molar-refractivity contribution >= 4 is 51.3 Å². The maximum absolute atomic E-state index is 15.8. The number of nitrogens with zero attached hydrogens (tertiary/aromatic N) is 5. The van der Waals surface area contributed by atoms with Crippen molar-refractivity contribution in [3.63, 3.8) is 0 Å². The first-order valence-electron chi connectivity index (χ1n) is 17.5. The van der Waals surface area contributed by atoms with Crippen molar-refractivity contribution in [1.29, 1.82) is 0 Å². The number of carboxylic acid groups (broad SMARTS) is 1. The van der Waals surface area contributed by atoms with Gasteiger partial charge in [-0.3, -0.25) is 24.8 Å². The molecule has 3 aliphatic heterocycles. The van der Waals surface area contributed by atoms with Crippen molar-refractivity contribution in [3.05, 3.63) is 98.3 Å². The number of likely N-dealkylation sites (tertiary alicyclic amines) is 1. The topological polar surface area (TPSA) is 167 Å². The van der Waals surface area contributed by atoms with Crippen molar-refractivity contribution < 1.29 is 24.0 Å². The van der Waals surface area contributed by atoms with E-state index in [0.29, 0.717) is 45.7 Å². The Morgan fingerprint density at radius 2 is 1.70 bits per heavy atom. The molecule has 8 rings (SSSR count). The number of likely N-dealkylation sites (N-methyl/N-ethyl adjacent to an activating group) is 1. The number of hydrogen-bond donors (Lipinski definition) is 3. The lowest BCUT2D eigenvalue weighted by atomic mass is 10.0. The molecule has 3 aromatic carbocycles. The minimum Gasteiger partial charge on any atom is -0.489 e. The summed E-state index contributed by atoms with van der Waals surface area (Å²) in [4.78, 5) is 46.4. The number of halogens is 2. The summed E-state index contributed by atoms with van der Waals surface area (Å²) < 4.78 is 21.6. The van der Waals surface area contributed by atoms with Crippen LogP contribution in [-0.2, 0) is 4.79 Å².